The minimum absolute atomic E-state index is 0.365. The molecule has 1 aromatic rings. The molecule has 0 spiro atoms. The molecule has 0 saturated heterocycles. The van der Waals surface area contributed by atoms with Crippen molar-refractivity contribution in [1.29, 1.82) is 0 Å². The van der Waals surface area contributed by atoms with Crippen LogP contribution in [0.5, 0.6) is 0 Å². The molecule has 3 nitrogen and oxygen atoms in total. The average molecular weight is 193 g/mol. The quantitative estimate of drug-likeness (QED) is 0.794. The number of hydrogen-bond donors (Lipinski definition) is 1. The second kappa shape index (κ2) is 3.73. The maximum atomic E-state index is 4.16. The first-order valence-electron chi connectivity index (χ1n) is 5.42. The third kappa shape index (κ3) is 1.98. The highest BCUT2D eigenvalue weighted by Crippen LogP contribution is 2.29. The number of nitrogens with one attached hydrogen (secondary N) is 1. The molecule has 1 heterocycles. The summed E-state index contributed by atoms with van der Waals surface area (Å²) in [5.74, 6) is 0. The van der Waals surface area contributed by atoms with Gasteiger partial charge in [-0.15, -0.1) is 0 Å². The van der Waals surface area contributed by atoms with Crippen LogP contribution < -0.4 is 5.32 Å². The summed E-state index contributed by atoms with van der Waals surface area (Å²) >= 11 is 0. The summed E-state index contributed by atoms with van der Waals surface area (Å²) in [6, 6.07) is 2.07. The highest BCUT2D eigenvalue weighted by molar-refractivity contribution is 5.01. The molecule has 0 aliphatic heterocycles. The van der Waals surface area contributed by atoms with Crippen LogP contribution in [0.15, 0.2) is 12.3 Å². The number of aromatic nitrogens is 2. The van der Waals surface area contributed by atoms with Crippen molar-refractivity contribution in [3.05, 3.63) is 18.0 Å². The van der Waals surface area contributed by atoms with Gasteiger partial charge in [-0.1, -0.05) is 12.8 Å². The summed E-state index contributed by atoms with van der Waals surface area (Å²) in [6.07, 6.45) is 7.22. The van der Waals surface area contributed by atoms with E-state index in [-0.39, 0.29) is 0 Å². The molecule has 3 heteroatoms. The number of hydrogen-bond acceptors (Lipinski definition) is 2. The van der Waals surface area contributed by atoms with Crippen LogP contribution in [-0.4, -0.2) is 15.3 Å². The average Bonchev–Trinajstić information content (AvgIpc) is 2.73. The van der Waals surface area contributed by atoms with Crippen molar-refractivity contribution in [2.24, 2.45) is 7.05 Å². The van der Waals surface area contributed by atoms with Gasteiger partial charge in [0, 0.05) is 25.3 Å². The third-order valence-electron chi connectivity index (χ3n) is 3.33. The Balaban J connectivity index is 1.91. The molecule has 1 aliphatic rings. The fourth-order valence-electron chi connectivity index (χ4n) is 2.21. The predicted octanol–water partition coefficient (Wildman–Crippen LogP) is 1.84. The van der Waals surface area contributed by atoms with E-state index in [1.54, 1.807) is 0 Å². The van der Waals surface area contributed by atoms with Gasteiger partial charge >= 0.3 is 0 Å². The molecule has 0 aromatic carbocycles. The van der Waals surface area contributed by atoms with Crippen LogP contribution in [0.25, 0.3) is 0 Å². The van der Waals surface area contributed by atoms with E-state index in [1.165, 1.54) is 31.4 Å². The Morgan fingerprint density at radius 3 is 2.79 bits per heavy atom. The van der Waals surface area contributed by atoms with Crippen molar-refractivity contribution in [1.82, 2.24) is 15.1 Å². The van der Waals surface area contributed by atoms with E-state index in [1.807, 2.05) is 17.9 Å². The molecule has 14 heavy (non-hydrogen) atoms. The Kier molecular flexibility index (Phi) is 2.59. The smallest absolute Gasteiger partial charge is 0.0518 e. The molecule has 0 radical (unpaired) electrons. The van der Waals surface area contributed by atoms with Crippen LogP contribution in [-0.2, 0) is 13.6 Å². The van der Waals surface area contributed by atoms with Crippen molar-refractivity contribution in [3.63, 3.8) is 0 Å². The lowest BCUT2D eigenvalue weighted by molar-refractivity contribution is 0.357. The zero-order chi connectivity index (χ0) is 10.0. The molecule has 0 atom stereocenters. The minimum atomic E-state index is 0.365. The Morgan fingerprint density at radius 1 is 1.50 bits per heavy atom. The van der Waals surface area contributed by atoms with Gasteiger partial charge in [-0.05, 0) is 25.8 Å². The van der Waals surface area contributed by atoms with Crippen molar-refractivity contribution >= 4 is 0 Å². The van der Waals surface area contributed by atoms with Crippen LogP contribution in [0.1, 0.15) is 38.3 Å². The van der Waals surface area contributed by atoms with Crippen molar-refractivity contribution in [3.8, 4) is 0 Å². The van der Waals surface area contributed by atoms with E-state index in [2.05, 4.69) is 23.4 Å². The zero-order valence-corrected chi connectivity index (χ0v) is 9.08. The summed E-state index contributed by atoms with van der Waals surface area (Å²) in [5.41, 5.74) is 1.63. The Hall–Kier alpha value is -0.830. The summed E-state index contributed by atoms with van der Waals surface area (Å²) < 4.78 is 1.94. The SMILES string of the molecule is Cn1nccc1CNC1(C)CCCC1. The first kappa shape index (κ1) is 9.71. The molecule has 1 aliphatic carbocycles. The lowest BCUT2D eigenvalue weighted by Gasteiger charge is -2.25. The van der Waals surface area contributed by atoms with Gasteiger partial charge in [-0.2, -0.15) is 5.10 Å². The lowest BCUT2D eigenvalue weighted by atomic mass is 10.0. The second-order valence-electron chi connectivity index (χ2n) is 4.57. The normalized spacial score (nSPS) is 20.1. The number of aryl methyl sites for hydroxylation is 1. The van der Waals surface area contributed by atoms with Gasteiger partial charge in [0.1, 0.15) is 0 Å². The van der Waals surface area contributed by atoms with Crippen molar-refractivity contribution in [2.75, 3.05) is 0 Å². The van der Waals surface area contributed by atoms with Gasteiger partial charge in [0.2, 0.25) is 0 Å². The maximum Gasteiger partial charge on any atom is 0.0518 e. The Bertz CT molecular complexity index is 297. The largest absolute Gasteiger partial charge is 0.306 e. The van der Waals surface area contributed by atoms with Gasteiger partial charge in [-0.3, -0.25) is 4.68 Å². The van der Waals surface area contributed by atoms with Crippen LogP contribution in [0, 0.1) is 0 Å². The van der Waals surface area contributed by atoms with Gasteiger partial charge in [0.05, 0.1) is 5.69 Å². The fourth-order valence-corrected chi connectivity index (χ4v) is 2.21. The molecule has 0 bridgehead atoms. The molecular weight excluding hydrogens is 174 g/mol. The molecule has 1 N–H and O–H groups in total. The summed E-state index contributed by atoms with van der Waals surface area (Å²) in [4.78, 5) is 0. The Morgan fingerprint density at radius 2 is 2.21 bits per heavy atom. The molecule has 2 rings (SSSR count). The summed E-state index contributed by atoms with van der Waals surface area (Å²) in [5, 5.41) is 7.80. The summed E-state index contributed by atoms with van der Waals surface area (Å²) in [7, 11) is 1.99. The van der Waals surface area contributed by atoms with Crippen molar-refractivity contribution in [2.45, 2.75) is 44.7 Å². The Labute approximate surface area is 85.5 Å². The van der Waals surface area contributed by atoms with E-state index in [0.717, 1.165) is 6.54 Å². The highest BCUT2D eigenvalue weighted by Gasteiger charge is 2.27. The molecule has 1 fully saturated rings. The molecule has 1 saturated carbocycles. The van der Waals surface area contributed by atoms with Crippen LogP contribution in [0.2, 0.25) is 0 Å². The maximum absolute atomic E-state index is 4.16. The van der Waals surface area contributed by atoms with E-state index >= 15 is 0 Å². The monoisotopic (exact) mass is 193 g/mol. The highest BCUT2D eigenvalue weighted by atomic mass is 15.3. The van der Waals surface area contributed by atoms with Crippen molar-refractivity contribution < 1.29 is 0 Å². The number of nitrogens with zero attached hydrogens (tertiary/aromatic N) is 2. The standard InChI is InChI=1S/C11H19N3/c1-11(6-3-4-7-11)12-9-10-5-8-13-14(10)2/h5,8,12H,3-4,6-7,9H2,1-2H3. The number of rotatable bonds is 3. The minimum Gasteiger partial charge on any atom is -0.306 e. The van der Waals surface area contributed by atoms with E-state index in [9.17, 15) is 0 Å². The van der Waals surface area contributed by atoms with Gasteiger partial charge in [0.15, 0.2) is 0 Å². The van der Waals surface area contributed by atoms with Crippen LogP contribution in [0.3, 0.4) is 0 Å². The second-order valence-corrected chi connectivity index (χ2v) is 4.57. The van der Waals surface area contributed by atoms with E-state index in [4.69, 9.17) is 0 Å². The van der Waals surface area contributed by atoms with Gasteiger partial charge in [0.25, 0.3) is 0 Å². The fraction of sp³-hybridized carbons (Fsp3) is 0.727. The van der Waals surface area contributed by atoms with Crippen LogP contribution >= 0.6 is 0 Å². The topological polar surface area (TPSA) is 29.9 Å². The molecular formula is C11H19N3. The lowest BCUT2D eigenvalue weighted by Crippen LogP contribution is -2.39. The first-order chi connectivity index (χ1) is 6.70. The predicted molar refractivity (Wildman–Crippen MR) is 56.9 cm³/mol. The molecule has 1 aromatic heterocycles. The van der Waals surface area contributed by atoms with Gasteiger partial charge in [-0.25, -0.2) is 0 Å². The van der Waals surface area contributed by atoms with E-state index in [0.29, 0.717) is 5.54 Å². The summed E-state index contributed by atoms with van der Waals surface area (Å²) in [6.45, 7) is 3.27. The third-order valence-corrected chi connectivity index (χ3v) is 3.33. The molecule has 0 amide bonds. The van der Waals surface area contributed by atoms with Crippen LogP contribution in [0.4, 0.5) is 0 Å². The molecule has 78 valence electrons. The van der Waals surface area contributed by atoms with E-state index < -0.39 is 0 Å². The first-order valence-corrected chi connectivity index (χ1v) is 5.42. The zero-order valence-electron chi connectivity index (χ0n) is 9.08. The van der Waals surface area contributed by atoms with Gasteiger partial charge < -0.3 is 5.32 Å². The molecule has 0 unspecified atom stereocenters.